The molecule has 0 aliphatic heterocycles. The summed E-state index contributed by atoms with van der Waals surface area (Å²) in [6.07, 6.45) is 6.28. The van der Waals surface area contributed by atoms with Crippen molar-refractivity contribution in [2.75, 3.05) is 0 Å². The van der Waals surface area contributed by atoms with Gasteiger partial charge in [-0.1, -0.05) is 25.5 Å². The van der Waals surface area contributed by atoms with Crippen LogP contribution in [0.2, 0.25) is 0 Å². The topological polar surface area (TPSA) is 54.4 Å². The molecule has 0 spiro atoms. The minimum absolute atomic E-state index is 0.176. The average Bonchev–Trinajstić information content (AvgIpc) is 2.27. The fraction of sp³-hybridized carbons (Fsp3) is 0.600. The summed E-state index contributed by atoms with van der Waals surface area (Å²) in [4.78, 5) is 22.5. The number of allylic oxidation sites excluding steroid dienone is 3. The van der Waals surface area contributed by atoms with E-state index in [0.717, 1.165) is 18.4 Å². The molecule has 1 unspecified atom stereocenters. The van der Waals surface area contributed by atoms with E-state index in [2.05, 4.69) is 0 Å². The largest absolute Gasteiger partial charge is 0.478 e. The Kier molecular flexibility index (Phi) is 5.32. The molecule has 0 amide bonds. The lowest BCUT2D eigenvalue weighted by atomic mass is 9.84. The van der Waals surface area contributed by atoms with Gasteiger partial charge in [0.05, 0.1) is 0 Å². The summed E-state index contributed by atoms with van der Waals surface area (Å²) in [7, 11) is 0. The standard InChI is InChI=1S/C15H22O3/c1-10(2)8-14(16)9-11(3)12-4-6-13(7-5-12)15(17)18/h6,9-10,12H,4-5,7-8H2,1-3H3,(H,17,18). The second kappa shape index (κ2) is 6.53. The molecule has 0 bridgehead atoms. The van der Waals surface area contributed by atoms with Crippen molar-refractivity contribution in [1.82, 2.24) is 0 Å². The summed E-state index contributed by atoms with van der Waals surface area (Å²) in [6.45, 7) is 6.04. The molecule has 1 rings (SSSR count). The highest BCUT2D eigenvalue weighted by molar-refractivity contribution is 5.90. The van der Waals surface area contributed by atoms with E-state index in [1.165, 1.54) is 0 Å². The number of carboxylic acids is 1. The van der Waals surface area contributed by atoms with Crippen LogP contribution in [0.5, 0.6) is 0 Å². The molecule has 1 atom stereocenters. The first-order valence-electron chi connectivity index (χ1n) is 6.53. The second-order valence-electron chi connectivity index (χ2n) is 5.46. The first-order valence-corrected chi connectivity index (χ1v) is 6.53. The number of carbonyl (C=O) groups is 2. The molecular weight excluding hydrogens is 228 g/mol. The number of hydrogen-bond acceptors (Lipinski definition) is 2. The fourth-order valence-corrected chi connectivity index (χ4v) is 2.28. The Balaban J connectivity index is 2.59. The average molecular weight is 250 g/mol. The maximum absolute atomic E-state index is 11.7. The van der Waals surface area contributed by atoms with E-state index in [1.54, 1.807) is 12.2 Å². The molecule has 18 heavy (non-hydrogen) atoms. The monoisotopic (exact) mass is 250 g/mol. The van der Waals surface area contributed by atoms with Crippen molar-refractivity contribution in [3.8, 4) is 0 Å². The van der Waals surface area contributed by atoms with Crippen molar-refractivity contribution in [3.05, 3.63) is 23.3 Å². The van der Waals surface area contributed by atoms with Crippen LogP contribution in [0.3, 0.4) is 0 Å². The van der Waals surface area contributed by atoms with Gasteiger partial charge in [-0.15, -0.1) is 0 Å². The third kappa shape index (κ3) is 4.47. The Morgan fingerprint density at radius 2 is 2.17 bits per heavy atom. The summed E-state index contributed by atoms with van der Waals surface area (Å²) in [5.74, 6) is 0.0668. The lowest BCUT2D eigenvalue weighted by Gasteiger charge is -2.21. The Morgan fingerprint density at radius 1 is 1.50 bits per heavy atom. The van der Waals surface area contributed by atoms with E-state index in [9.17, 15) is 9.59 Å². The number of aliphatic carboxylic acids is 1. The zero-order valence-corrected chi connectivity index (χ0v) is 11.4. The quantitative estimate of drug-likeness (QED) is 0.761. The molecule has 3 heteroatoms. The van der Waals surface area contributed by atoms with Gasteiger partial charge in [0, 0.05) is 12.0 Å². The molecule has 100 valence electrons. The highest BCUT2D eigenvalue weighted by atomic mass is 16.4. The molecule has 1 aliphatic rings. The molecule has 1 aliphatic carbocycles. The molecule has 3 nitrogen and oxygen atoms in total. The highest BCUT2D eigenvalue weighted by Crippen LogP contribution is 2.29. The van der Waals surface area contributed by atoms with E-state index in [1.807, 2.05) is 20.8 Å². The van der Waals surface area contributed by atoms with Gasteiger partial charge in [-0.3, -0.25) is 4.79 Å². The molecule has 0 aromatic rings. The van der Waals surface area contributed by atoms with Gasteiger partial charge in [-0.25, -0.2) is 4.79 Å². The summed E-state index contributed by atoms with van der Waals surface area (Å²) in [6, 6.07) is 0. The molecule has 1 N–H and O–H groups in total. The number of rotatable bonds is 5. The normalized spacial score (nSPS) is 20.8. The molecule has 0 aromatic heterocycles. The van der Waals surface area contributed by atoms with Gasteiger partial charge >= 0.3 is 5.97 Å². The first-order chi connectivity index (χ1) is 8.40. The van der Waals surface area contributed by atoms with Crippen molar-refractivity contribution < 1.29 is 14.7 Å². The van der Waals surface area contributed by atoms with Gasteiger partial charge in [-0.05, 0) is 44.1 Å². The van der Waals surface area contributed by atoms with Crippen molar-refractivity contribution in [3.63, 3.8) is 0 Å². The molecule has 0 saturated heterocycles. The Bertz CT molecular complexity index is 389. The second-order valence-corrected chi connectivity index (χ2v) is 5.46. The summed E-state index contributed by atoms with van der Waals surface area (Å²) >= 11 is 0. The van der Waals surface area contributed by atoms with Crippen LogP contribution in [0.25, 0.3) is 0 Å². The highest BCUT2D eigenvalue weighted by Gasteiger charge is 2.19. The van der Waals surface area contributed by atoms with Gasteiger partial charge < -0.3 is 5.11 Å². The summed E-state index contributed by atoms with van der Waals surface area (Å²) < 4.78 is 0. The zero-order valence-electron chi connectivity index (χ0n) is 11.4. The predicted octanol–water partition coefficient (Wildman–Crippen LogP) is 3.36. The van der Waals surface area contributed by atoms with Crippen LogP contribution in [-0.4, -0.2) is 16.9 Å². The Hall–Kier alpha value is -1.38. The van der Waals surface area contributed by atoms with Gasteiger partial charge in [0.15, 0.2) is 5.78 Å². The van der Waals surface area contributed by atoms with Crippen molar-refractivity contribution >= 4 is 11.8 Å². The zero-order chi connectivity index (χ0) is 13.7. The molecular formula is C15H22O3. The lowest BCUT2D eigenvalue weighted by molar-refractivity contribution is -0.133. The van der Waals surface area contributed by atoms with E-state index >= 15 is 0 Å². The third-order valence-electron chi connectivity index (χ3n) is 3.33. The number of hydrogen-bond donors (Lipinski definition) is 1. The minimum atomic E-state index is -0.814. The fourth-order valence-electron chi connectivity index (χ4n) is 2.28. The SMILES string of the molecule is CC(=CC(=O)CC(C)C)C1CC=C(C(=O)O)CC1. The maximum atomic E-state index is 11.7. The Labute approximate surface area is 109 Å². The van der Waals surface area contributed by atoms with Crippen LogP contribution in [-0.2, 0) is 9.59 Å². The van der Waals surface area contributed by atoms with Crippen molar-refractivity contribution in [1.29, 1.82) is 0 Å². The molecule has 0 heterocycles. The molecule has 0 radical (unpaired) electrons. The van der Waals surface area contributed by atoms with Gasteiger partial charge in [-0.2, -0.15) is 0 Å². The first kappa shape index (κ1) is 14.7. The summed E-state index contributed by atoms with van der Waals surface area (Å²) in [5, 5.41) is 8.87. The van der Waals surface area contributed by atoms with Crippen LogP contribution in [0.1, 0.15) is 46.5 Å². The van der Waals surface area contributed by atoms with Crippen LogP contribution >= 0.6 is 0 Å². The van der Waals surface area contributed by atoms with Crippen LogP contribution < -0.4 is 0 Å². The lowest BCUT2D eigenvalue weighted by Crippen LogP contribution is -2.12. The van der Waals surface area contributed by atoms with E-state index in [4.69, 9.17) is 5.11 Å². The van der Waals surface area contributed by atoms with Crippen molar-refractivity contribution in [2.45, 2.75) is 46.5 Å². The maximum Gasteiger partial charge on any atom is 0.331 e. The third-order valence-corrected chi connectivity index (χ3v) is 3.33. The van der Waals surface area contributed by atoms with E-state index in [-0.39, 0.29) is 5.78 Å². The number of carbonyl (C=O) groups excluding carboxylic acids is 1. The number of ketones is 1. The predicted molar refractivity (Wildman–Crippen MR) is 71.3 cm³/mol. The summed E-state index contributed by atoms with van der Waals surface area (Å²) in [5.41, 5.74) is 1.59. The van der Waals surface area contributed by atoms with Gasteiger partial charge in [0.25, 0.3) is 0 Å². The van der Waals surface area contributed by atoms with Crippen molar-refractivity contribution in [2.24, 2.45) is 11.8 Å². The van der Waals surface area contributed by atoms with Crippen LogP contribution in [0.4, 0.5) is 0 Å². The van der Waals surface area contributed by atoms with E-state index < -0.39 is 5.97 Å². The van der Waals surface area contributed by atoms with E-state index in [0.29, 0.717) is 30.3 Å². The van der Waals surface area contributed by atoms with Crippen LogP contribution in [0.15, 0.2) is 23.3 Å². The molecule has 0 aromatic carbocycles. The Morgan fingerprint density at radius 3 is 2.61 bits per heavy atom. The van der Waals surface area contributed by atoms with Crippen LogP contribution in [0, 0.1) is 11.8 Å². The smallest absolute Gasteiger partial charge is 0.331 e. The van der Waals surface area contributed by atoms with Gasteiger partial charge in [0.2, 0.25) is 0 Å². The van der Waals surface area contributed by atoms with Gasteiger partial charge in [0.1, 0.15) is 0 Å². The molecule has 0 saturated carbocycles. The number of carboxylic acid groups (broad SMARTS) is 1. The minimum Gasteiger partial charge on any atom is -0.478 e. The molecule has 0 fully saturated rings.